The van der Waals surface area contributed by atoms with Crippen molar-refractivity contribution < 1.29 is 4.39 Å². The summed E-state index contributed by atoms with van der Waals surface area (Å²) in [6.07, 6.45) is 2.21. The molecule has 1 atom stereocenters. The lowest BCUT2D eigenvalue weighted by atomic mass is 10.0. The molecule has 0 aliphatic heterocycles. The topological polar surface area (TPSA) is 26.0 Å². The zero-order valence-corrected chi connectivity index (χ0v) is 7.96. The van der Waals surface area contributed by atoms with E-state index in [-0.39, 0.29) is 0 Å². The molecule has 1 aromatic rings. The summed E-state index contributed by atoms with van der Waals surface area (Å²) in [4.78, 5) is 0. The lowest BCUT2D eigenvalue weighted by molar-refractivity contribution is 0.437. The van der Waals surface area contributed by atoms with Gasteiger partial charge in [0.1, 0.15) is 6.67 Å². The van der Waals surface area contributed by atoms with E-state index >= 15 is 0 Å². The van der Waals surface area contributed by atoms with Crippen molar-refractivity contribution in [3.05, 3.63) is 35.4 Å². The minimum Gasteiger partial charge on any atom is -0.322 e. The van der Waals surface area contributed by atoms with E-state index in [2.05, 4.69) is 6.92 Å². The van der Waals surface area contributed by atoms with Gasteiger partial charge in [0, 0.05) is 0 Å². The lowest BCUT2D eigenvalue weighted by Crippen LogP contribution is -2.11. The van der Waals surface area contributed by atoms with Gasteiger partial charge in [-0.3, -0.25) is 0 Å². The zero-order chi connectivity index (χ0) is 9.68. The predicted molar refractivity (Wildman–Crippen MR) is 53.3 cm³/mol. The highest BCUT2D eigenvalue weighted by Crippen LogP contribution is 2.12. The number of hydrogen-bond acceptors (Lipinski definition) is 1. The van der Waals surface area contributed by atoms with Crippen molar-refractivity contribution in [2.75, 3.05) is 6.67 Å². The summed E-state index contributed by atoms with van der Waals surface area (Å²) in [6.45, 7) is 1.65. The van der Waals surface area contributed by atoms with Crippen LogP contribution in [-0.2, 0) is 6.42 Å². The molecule has 2 heteroatoms. The van der Waals surface area contributed by atoms with Gasteiger partial charge in [-0.05, 0) is 17.5 Å². The van der Waals surface area contributed by atoms with Gasteiger partial charge in [-0.2, -0.15) is 0 Å². The van der Waals surface area contributed by atoms with Crippen molar-refractivity contribution in [1.29, 1.82) is 0 Å². The van der Waals surface area contributed by atoms with Crippen LogP contribution in [0.15, 0.2) is 24.3 Å². The Morgan fingerprint density at radius 2 is 1.92 bits per heavy atom. The number of rotatable bonds is 4. The van der Waals surface area contributed by atoms with E-state index in [1.165, 1.54) is 5.56 Å². The minimum atomic E-state index is -0.493. The summed E-state index contributed by atoms with van der Waals surface area (Å²) < 4.78 is 12.2. The van der Waals surface area contributed by atoms with Gasteiger partial charge in [-0.1, -0.05) is 37.6 Å². The van der Waals surface area contributed by atoms with Crippen molar-refractivity contribution in [2.45, 2.75) is 25.8 Å². The molecule has 1 nitrogen and oxygen atoms in total. The van der Waals surface area contributed by atoms with E-state index in [1.54, 1.807) is 0 Å². The maximum Gasteiger partial charge on any atom is 0.109 e. The van der Waals surface area contributed by atoms with E-state index in [0.29, 0.717) is 0 Å². The Kier molecular flexibility index (Phi) is 3.90. The fourth-order valence-corrected chi connectivity index (χ4v) is 1.31. The van der Waals surface area contributed by atoms with Gasteiger partial charge in [-0.15, -0.1) is 0 Å². The fraction of sp³-hybridized carbons (Fsp3) is 0.455. The SMILES string of the molecule is CCCc1ccc(C(N)CF)cc1. The second kappa shape index (κ2) is 4.97. The van der Waals surface area contributed by atoms with Gasteiger partial charge in [0.15, 0.2) is 0 Å². The molecule has 0 fully saturated rings. The molecule has 1 aromatic carbocycles. The zero-order valence-electron chi connectivity index (χ0n) is 7.96. The average Bonchev–Trinajstić information content (AvgIpc) is 2.18. The maximum absolute atomic E-state index is 12.2. The summed E-state index contributed by atoms with van der Waals surface area (Å²) >= 11 is 0. The molecule has 0 aliphatic carbocycles. The van der Waals surface area contributed by atoms with Crippen LogP contribution in [0.2, 0.25) is 0 Å². The smallest absolute Gasteiger partial charge is 0.109 e. The largest absolute Gasteiger partial charge is 0.322 e. The van der Waals surface area contributed by atoms with E-state index in [9.17, 15) is 4.39 Å². The Balaban J connectivity index is 2.69. The number of nitrogens with two attached hydrogens (primary N) is 1. The molecule has 0 saturated carbocycles. The number of hydrogen-bond donors (Lipinski definition) is 1. The first-order valence-electron chi connectivity index (χ1n) is 4.68. The first-order chi connectivity index (χ1) is 6.27. The molecule has 1 rings (SSSR count). The van der Waals surface area contributed by atoms with Crippen LogP contribution >= 0.6 is 0 Å². The third-order valence-electron chi connectivity index (χ3n) is 2.11. The molecule has 0 aliphatic rings. The number of benzene rings is 1. The summed E-state index contributed by atoms with van der Waals surface area (Å²) in [5.41, 5.74) is 7.71. The summed E-state index contributed by atoms with van der Waals surface area (Å²) in [5, 5.41) is 0. The summed E-state index contributed by atoms with van der Waals surface area (Å²) in [7, 11) is 0. The number of aryl methyl sites for hydroxylation is 1. The van der Waals surface area contributed by atoms with E-state index < -0.39 is 12.7 Å². The fourth-order valence-electron chi connectivity index (χ4n) is 1.31. The van der Waals surface area contributed by atoms with Crippen molar-refractivity contribution in [3.63, 3.8) is 0 Å². The summed E-state index contributed by atoms with van der Waals surface area (Å²) in [6, 6.07) is 7.41. The lowest BCUT2D eigenvalue weighted by Gasteiger charge is -2.07. The van der Waals surface area contributed by atoms with Crippen LogP contribution in [-0.4, -0.2) is 6.67 Å². The van der Waals surface area contributed by atoms with Gasteiger partial charge in [-0.25, -0.2) is 4.39 Å². The Morgan fingerprint density at radius 3 is 2.38 bits per heavy atom. The molecule has 0 bridgehead atoms. The van der Waals surface area contributed by atoms with Crippen LogP contribution in [0.5, 0.6) is 0 Å². The average molecular weight is 181 g/mol. The third-order valence-corrected chi connectivity index (χ3v) is 2.11. The molecule has 0 saturated heterocycles. The second-order valence-electron chi connectivity index (χ2n) is 3.25. The highest BCUT2D eigenvalue weighted by molar-refractivity contribution is 5.24. The molecule has 2 N–H and O–H groups in total. The van der Waals surface area contributed by atoms with Crippen LogP contribution < -0.4 is 5.73 Å². The third kappa shape index (κ3) is 2.81. The van der Waals surface area contributed by atoms with Gasteiger partial charge in [0.25, 0.3) is 0 Å². The minimum absolute atomic E-state index is 0.462. The van der Waals surface area contributed by atoms with Crippen molar-refractivity contribution in [2.24, 2.45) is 5.73 Å². The molecule has 0 spiro atoms. The highest BCUT2D eigenvalue weighted by Gasteiger charge is 2.03. The van der Waals surface area contributed by atoms with Gasteiger partial charge in [0.05, 0.1) is 6.04 Å². The first-order valence-corrected chi connectivity index (χ1v) is 4.68. The van der Waals surface area contributed by atoms with Crippen LogP contribution in [0.4, 0.5) is 4.39 Å². The molecule has 13 heavy (non-hydrogen) atoms. The quantitative estimate of drug-likeness (QED) is 0.759. The Morgan fingerprint density at radius 1 is 1.31 bits per heavy atom. The van der Waals surface area contributed by atoms with E-state index in [0.717, 1.165) is 18.4 Å². The molecule has 1 unspecified atom stereocenters. The normalized spacial score (nSPS) is 12.8. The Labute approximate surface area is 78.8 Å². The van der Waals surface area contributed by atoms with Gasteiger partial charge < -0.3 is 5.73 Å². The van der Waals surface area contributed by atoms with Crippen LogP contribution in [0.3, 0.4) is 0 Å². The molecule has 0 heterocycles. The number of halogens is 1. The van der Waals surface area contributed by atoms with Gasteiger partial charge in [0.2, 0.25) is 0 Å². The van der Waals surface area contributed by atoms with Gasteiger partial charge >= 0.3 is 0 Å². The molecular weight excluding hydrogens is 165 g/mol. The van der Waals surface area contributed by atoms with Crippen molar-refractivity contribution in [1.82, 2.24) is 0 Å². The Bertz CT molecular complexity index is 243. The molecule has 72 valence electrons. The Hall–Kier alpha value is -0.890. The highest BCUT2D eigenvalue weighted by atomic mass is 19.1. The molecule has 0 aromatic heterocycles. The predicted octanol–water partition coefficient (Wildman–Crippen LogP) is 2.61. The van der Waals surface area contributed by atoms with E-state index in [4.69, 9.17) is 5.73 Å². The standard InChI is InChI=1S/C11H16FN/c1-2-3-9-4-6-10(7-5-9)11(13)8-12/h4-7,11H,2-3,8,13H2,1H3. The van der Waals surface area contributed by atoms with Crippen LogP contribution in [0.25, 0.3) is 0 Å². The van der Waals surface area contributed by atoms with Crippen LogP contribution in [0.1, 0.15) is 30.5 Å². The molecule has 0 amide bonds. The second-order valence-corrected chi connectivity index (χ2v) is 3.25. The molecular formula is C11H16FN. The van der Waals surface area contributed by atoms with E-state index in [1.807, 2.05) is 24.3 Å². The monoisotopic (exact) mass is 181 g/mol. The van der Waals surface area contributed by atoms with Crippen molar-refractivity contribution in [3.8, 4) is 0 Å². The molecule has 0 radical (unpaired) electrons. The first kappa shape index (κ1) is 10.2. The summed E-state index contributed by atoms with van der Waals surface area (Å²) in [5.74, 6) is 0. The maximum atomic E-state index is 12.2. The van der Waals surface area contributed by atoms with Crippen molar-refractivity contribution >= 4 is 0 Å². The van der Waals surface area contributed by atoms with Crippen LogP contribution in [0, 0.1) is 0 Å². The number of alkyl halides is 1.